The molecule has 0 aliphatic carbocycles. The van der Waals surface area contributed by atoms with Crippen LogP contribution in [0.15, 0.2) is 146 Å². The second-order valence-corrected chi connectivity index (χ2v) is 22.0. The lowest BCUT2D eigenvalue weighted by Crippen LogP contribution is -2.30. The van der Waals surface area contributed by atoms with E-state index in [0.29, 0.717) is 19.3 Å². The fourth-order valence-corrected chi connectivity index (χ4v) is 8.99. The molecule has 0 aliphatic heterocycles. The van der Waals surface area contributed by atoms with Crippen LogP contribution in [0.2, 0.25) is 0 Å². The highest BCUT2D eigenvalue weighted by atomic mass is 16.6. The first-order chi connectivity index (χ1) is 40.5. The summed E-state index contributed by atoms with van der Waals surface area (Å²) in [5, 5.41) is 0. The molecule has 0 saturated carbocycles. The van der Waals surface area contributed by atoms with Crippen LogP contribution in [0.3, 0.4) is 0 Å². The minimum absolute atomic E-state index is 0.0983. The molecule has 6 nitrogen and oxygen atoms in total. The zero-order valence-corrected chi connectivity index (χ0v) is 53.2. The number of unbranched alkanes of at least 4 members (excludes halogenated alkanes) is 25. The average Bonchev–Trinajstić information content (AvgIpc) is 3.47. The standard InChI is InChI=1S/C76H124O6/c1-4-7-10-13-16-19-22-25-28-30-32-33-34-35-36-37-38-39-40-41-42-43-45-46-48-51-54-57-60-63-66-69-75(78)81-72-73(71-80-74(77)68-65-62-59-56-53-50-27-24-21-18-15-12-9-6-3)82-76(79)70-67-64-61-58-55-52-49-47-44-31-29-26-23-20-17-14-11-8-5-2/h7,10,16-17,19-20,24-29,32-33,35-36,38-39,41-42,45-46,51,54,73H,4-6,8-9,11-15,18,21-23,30-31,34,37,40,43-44,47-50,52-53,55-72H2,1-3H3/b10-7-,19-16-,20-17-,27-24-,28-25-,29-26-,33-32-,36-35-,39-38-,42-41-,46-45-,54-51-. The molecule has 1 unspecified atom stereocenters. The van der Waals surface area contributed by atoms with Crippen molar-refractivity contribution in [3.05, 3.63) is 146 Å². The first kappa shape index (κ1) is 77.3. The van der Waals surface area contributed by atoms with Crippen molar-refractivity contribution in [2.75, 3.05) is 13.2 Å². The molecule has 0 bridgehead atoms. The van der Waals surface area contributed by atoms with E-state index in [2.05, 4.69) is 167 Å². The largest absolute Gasteiger partial charge is 0.462 e. The third-order valence-electron chi connectivity index (χ3n) is 14.0. The summed E-state index contributed by atoms with van der Waals surface area (Å²) in [6.45, 7) is 6.46. The van der Waals surface area contributed by atoms with E-state index in [1.54, 1.807) is 0 Å². The van der Waals surface area contributed by atoms with E-state index in [0.717, 1.165) is 141 Å². The summed E-state index contributed by atoms with van der Waals surface area (Å²) < 4.78 is 16.9. The maximum Gasteiger partial charge on any atom is 0.306 e. The van der Waals surface area contributed by atoms with Crippen molar-refractivity contribution in [1.82, 2.24) is 0 Å². The van der Waals surface area contributed by atoms with Gasteiger partial charge < -0.3 is 14.2 Å². The predicted molar refractivity (Wildman–Crippen MR) is 357 cm³/mol. The normalized spacial score (nSPS) is 13.1. The minimum atomic E-state index is -0.805. The summed E-state index contributed by atoms with van der Waals surface area (Å²) in [6.07, 6.45) is 98.5. The van der Waals surface area contributed by atoms with E-state index < -0.39 is 6.10 Å². The summed E-state index contributed by atoms with van der Waals surface area (Å²) >= 11 is 0. The minimum Gasteiger partial charge on any atom is -0.462 e. The second kappa shape index (κ2) is 68.8. The number of rotatable bonds is 60. The van der Waals surface area contributed by atoms with Gasteiger partial charge in [-0.2, -0.15) is 0 Å². The summed E-state index contributed by atoms with van der Waals surface area (Å²) in [6, 6.07) is 0. The monoisotopic (exact) mass is 1130 g/mol. The van der Waals surface area contributed by atoms with Gasteiger partial charge in [-0.05, 0) is 148 Å². The van der Waals surface area contributed by atoms with E-state index in [4.69, 9.17) is 14.2 Å². The van der Waals surface area contributed by atoms with Gasteiger partial charge in [-0.15, -0.1) is 0 Å². The molecule has 0 fully saturated rings. The van der Waals surface area contributed by atoms with Crippen LogP contribution < -0.4 is 0 Å². The van der Waals surface area contributed by atoms with Crippen LogP contribution in [-0.4, -0.2) is 37.2 Å². The van der Waals surface area contributed by atoms with E-state index >= 15 is 0 Å². The van der Waals surface area contributed by atoms with E-state index in [1.165, 1.54) is 116 Å². The SMILES string of the molecule is CC/C=C\C/C=C\C/C=C\C/C=C\C/C=C\C/C=C\C/C=C\C/C=C\C/C=C\CCCCCC(=O)OCC(COC(=O)CCCCCCC/C=C\CCCCCCC)OC(=O)CCCCCCCCCCC/C=C\C/C=C\CCCCC. The van der Waals surface area contributed by atoms with Gasteiger partial charge in [0.1, 0.15) is 13.2 Å². The number of carbonyl (C=O) groups is 3. The molecule has 0 rings (SSSR count). The smallest absolute Gasteiger partial charge is 0.306 e. The zero-order valence-electron chi connectivity index (χ0n) is 53.2. The summed E-state index contributed by atoms with van der Waals surface area (Å²) in [7, 11) is 0. The molecule has 0 aromatic carbocycles. The first-order valence-electron chi connectivity index (χ1n) is 33.8. The van der Waals surface area contributed by atoms with Crippen molar-refractivity contribution < 1.29 is 28.6 Å². The Morgan fingerprint density at radius 3 is 0.793 bits per heavy atom. The second-order valence-electron chi connectivity index (χ2n) is 22.0. The van der Waals surface area contributed by atoms with Crippen LogP contribution in [-0.2, 0) is 28.6 Å². The Morgan fingerprint density at radius 1 is 0.256 bits per heavy atom. The Hall–Kier alpha value is -4.71. The van der Waals surface area contributed by atoms with Gasteiger partial charge in [0.05, 0.1) is 0 Å². The lowest BCUT2D eigenvalue weighted by atomic mass is 10.1. The van der Waals surface area contributed by atoms with Crippen molar-refractivity contribution in [2.45, 2.75) is 303 Å². The maximum atomic E-state index is 12.9. The highest BCUT2D eigenvalue weighted by Crippen LogP contribution is 2.15. The fourth-order valence-electron chi connectivity index (χ4n) is 8.99. The van der Waals surface area contributed by atoms with Gasteiger partial charge in [0.2, 0.25) is 0 Å². The quantitative estimate of drug-likeness (QED) is 0.0261. The van der Waals surface area contributed by atoms with E-state index in [9.17, 15) is 14.4 Å². The van der Waals surface area contributed by atoms with Crippen molar-refractivity contribution in [2.24, 2.45) is 0 Å². The van der Waals surface area contributed by atoms with Gasteiger partial charge in [0.15, 0.2) is 6.10 Å². The van der Waals surface area contributed by atoms with Crippen LogP contribution >= 0.6 is 0 Å². The molecular formula is C76H124O6. The number of carbonyl (C=O) groups excluding carboxylic acids is 3. The molecule has 0 amide bonds. The molecular weight excluding hydrogens is 1010 g/mol. The number of ether oxygens (including phenoxy) is 3. The topological polar surface area (TPSA) is 78.9 Å². The van der Waals surface area contributed by atoms with Crippen LogP contribution in [0.5, 0.6) is 0 Å². The predicted octanol–water partition coefficient (Wildman–Crippen LogP) is 23.5. The Bertz CT molecular complexity index is 1780. The highest BCUT2D eigenvalue weighted by Gasteiger charge is 2.19. The third kappa shape index (κ3) is 66.1. The number of hydrogen-bond donors (Lipinski definition) is 0. The summed E-state index contributed by atoms with van der Waals surface area (Å²) in [5.41, 5.74) is 0. The van der Waals surface area contributed by atoms with Crippen LogP contribution in [0.25, 0.3) is 0 Å². The van der Waals surface area contributed by atoms with Crippen molar-refractivity contribution in [3.63, 3.8) is 0 Å². The maximum absolute atomic E-state index is 12.9. The zero-order chi connectivity index (χ0) is 59.2. The molecule has 464 valence electrons. The lowest BCUT2D eigenvalue weighted by Gasteiger charge is -2.18. The molecule has 0 aromatic heterocycles. The third-order valence-corrected chi connectivity index (χ3v) is 14.0. The summed E-state index contributed by atoms with van der Waals surface area (Å²) in [4.78, 5) is 38.4. The van der Waals surface area contributed by atoms with Gasteiger partial charge in [0.25, 0.3) is 0 Å². The lowest BCUT2D eigenvalue weighted by molar-refractivity contribution is -0.167. The molecule has 6 heteroatoms. The first-order valence-corrected chi connectivity index (χ1v) is 33.8. The van der Waals surface area contributed by atoms with Crippen LogP contribution in [0.4, 0.5) is 0 Å². The molecule has 0 aromatic rings. The van der Waals surface area contributed by atoms with Crippen molar-refractivity contribution in [1.29, 1.82) is 0 Å². The van der Waals surface area contributed by atoms with Crippen molar-refractivity contribution in [3.8, 4) is 0 Å². The van der Waals surface area contributed by atoms with Crippen molar-refractivity contribution >= 4 is 17.9 Å². The molecule has 0 radical (unpaired) electrons. The molecule has 82 heavy (non-hydrogen) atoms. The Kier molecular flexibility index (Phi) is 64.8. The van der Waals surface area contributed by atoms with Crippen LogP contribution in [0.1, 0.15) is 297 Å². The molecule has 1 atom stereocenters. The Balaban J connectivity index is 4.42. The highest BCUT2D eigenvalue weighted by molar-refractivity contribution is 5.71. The van der Waals surface area contributed by atoms with Gasteiger partial charge in [0, 0.05) is 19.3 Å². The Morgan fingerprint density at radius 2 is 0.476 bits per heavy atom. The van der Waals surface area contributed by atoms with Gasteiger partial charge >= 0.3 is 17.9 Å². The van der Waals surface area contributed by atoms with E-state index in [1.807, 2.05) is 0 Å². The fraction of sp³-hybridized carbons (Fsp3) is 0.645. The van der Waals surface area contributed by atoms with Gasteiger partial charge in [-0.3, -0.25) is 14.4 Å². The molecule has 0 saturated heterocycles. The van der Waals surface area contributed by atoms with Crippen LogP contribution in [0, 0.1) is 0 Å². The molecule has 0 heterocycles. The molecule has 0 aliphatic rings. The molecule has 0 N–H and O–H groups in total. The Labute approximate surface area is 506 Å². The average molecular weight is 1130 g/mol. The number of esters is 3. The van der Waals surface area contributed by atoms with Gasteiger partial charge in [-0.1, -0.05) is 276 Å². The summed E-state index contributed by atoms with van der Waals surface area (Å²) in [5.74, 6) is -0.942. The van der Waals surface area contributed by atoms with Gasteiger partial charge in [-0.25, -0.2) is 0 Å². The molecule has 0 spiro atoms. The number of hydrogen-bond acceptors (Lipinski definition) is 6. The van der Waals surface area contributed by atoms with E-state index in [-0.39, 0.29) is 31.1 Å². The number of allylic oxidation sites excluding steroid dienone is 24.